The average Bonchev–Trinajstić information content (AvgIpc) is 3.08. The van der Waals surface area contributed by atoms with Crippen molar-refractivity contribution < 1.29 is 44.6 Å². The number of hydrogen-bond donors (Lipinski definition) is 4. The number of carbonyl (C=O) groups excluding carboxylic acids is 2. The van der Waals surface area contributed by atoms with Crippen molar-refractivity contribution in [3.05, 3.63) is 23.3 Å². The van der Waals surface area contributed by atoms with Gasteiger partial charge in [0.1, 0.15) is 30.2 Å². The summed E-state index contributed by atoms with van der Waals surface area (Å²) >= 11 is 0. The van der Waals surface area contributed by atoms with Gasteiger partial charge in [0.2, 0.25) is 6.29 Å². The van der Waals surface area contributed by atoms with E-state index in [2.05, 4.69) is 6.92 Å². The minimum atomic E-state index is -1.89. The van der Waals surface area contributed by atoms with E-state index >= 15 is 0 Å². The zero-order chi connectivity index (χ0) is 23.7. The molecule has 0 bridgehead atoms. The van der Waals surface area contributed by atoms with E-state index in [4.69, 9.17) is 9.47 Å². The summed E-state index contributed by atoms with van der Waals surface area (Å²) < 4.78 is 10.7. The molecule has 1 heterocycles. The number of ether oxygens (including phenoxy) is 2. The Kier molecular flexibility index (Phi) is 5.43. The number of aromatic hydroxyl groups is 1. The fourth-order valence-electron chi connectivity index (χ4n) is 6.72. The van der Waals surface area contributed by atoms with Crippen molar-refractivity contribution in [2.24, 2.45) is 17.3 Å². The van der Waals surface area contributed by atoms with Crippen LogP contribution in [-0.4, -0.2) is 62.9 Å². The zero-order valence-corrected chi connectivity index (χ0v) is 18.3. The summed E-state index contributed by atoms with van der Waals surface area (Å²) in [6.07, 6.45) is -3.99. The van der Waals surface area contributed by atoms with E-state index in [-0.39, 0.29) is 22.8 Å². The third kappa shape index (κ3) is 3.44. The highest BCUT2D eigenvalue weighted by Gasteiger charge is 2.54. The van der Waals surface area contributed by atoms with Crippen LogP contribution < -0.4 is 9.84 Å². The molecule has 5 rings (SSSR count). The number of phenols is 1. The Morgan fingerprint density at radius 1 is 1.12 bits per heavy atom. The minimum absolute atomic E-state index is 0.00590. The Hall–Kier alpha value is -2.20. The van der Waals surface area contributed by atoms with Crippen LogP contribution in [0.15, 0.2) is 12.1 Å². The lowest BCUT2D eigenvalue weighted by Crippen LogP contribution is -2.63. The number of hydrogen-bond acceptors (Lipinski definition) is 9. The second-order valence-electron chi connectivity index (χ2n) is 10.2. The van der Waals surface area contributed by atoms with Gasteiger partial charge in [-0.05, 0) is 73.1 Å². The molecule has 4 N–H and O–H groups in total. The van der Waals surface area contributed by atoms with Gasteiger partial charge in [0.15, 0.2) is 11.5 Å². The van der Waals surface area contributed by atoms with Gasteiger partial charge < -0.3 is 39.8 Å². The van der Waals surface area contributed by atoms with Crippen molar-refractivity contribution in [3.63, 3.8) is 0 Å². The smallest absolute Gasteiger partial charge is 0.229 e. The molecule has 0 spiro atoms. The number of carbonyl (C=O) groups is 2. The highest BCUT2D eigenvalue weighted by molar-refractivity contribution is 5.87. The number of ketones is 1. The number of carboxylic acid groups (broad SMARTS) is 1. The molecule has 2 saturated carbocycles. The Morgan fingerprint density at radius 2 is 1.88 bits per heavy atom. The Morgan fingerprint density at radius 3 is 2.61 bits per heavy atom. The maximum Gasteiger partial charge on any atom is 0.229 e. The van der Waals surface area contributed by atoms with Gasteiger partial charge in [-0.2, -0.15) is 0 Å². The van der Waals surface area contributed by atoms with Crippen molar-refractivity contribution in [2.75, 3.05) is 0 Å². The first kappa shape index (κ1) is 22.6. The van der Waals surface area contributed by atoms with Crippen LogP contribution in [0.2, 0.25) is 0 Å². The Balaban J connectivity index is 1.39. The fourth-order valence-corrected chi connectivity index (χ4v) is 6.72. The molecular weight excluding hydrogens is 432 g/mol. The number of phenolic OH excluding ortho intramolecular Hbond substituents is 1. The van der Waals surface area contributed by atoms with E-state index in [1.807, 2.05) is 0 Å². The van der Waals surface area contributed by atoms with Crippen LogP contribution in [0.3, 0.4) is 0 Å². The van der Waals surface area contributed by atoms with Crippen LogP contribution in [0.5, 0.6) is 11.5 Å². The van der Waals surface area contributed by atoms with Crippen LogP contribution in [0.4, 0.5) is 0 Å². The maximum absolute atomic E-state index is 12.5. The van der Waals surface area contributed by atoms with Crippen LogP contribution in [-0.2, 0) is 20.7 Å². The SMILES string of the molecule is C[C@]12CC[C@@H]3c4cc(O)c(O[C@@H]5O[C@H](C(=O)[O-])[C@@H](O)[C@H](O)[C@H]5O)cc4CC[C@H]3[C@@H]1CCC2=O. The van der Waals surface area contributed by atoms with E-state index in [0.717, 1.165) is 43.2 Å². The summed E-state index contributed by atoms with van der Waals surface area (Å²) in [5, 5.41) is 51.9. The summed E-state index contributed by atoms with van der Waals surface area (Å²) in [5.41, 5.74) is 1.78. The first-order valence-electron chi connectivity index (χ1n) is 11.6. The predicted octanol–water partition coefficient (Wildman–Crippen LogP) is -0.246. The fraction of sp³-hybridized carbons (Fsp3) is 0.667. The number of benzene rings is 1. The molecule has 0 amide bonds. The topological polar surface area (TPSA) is 157 Å². The summed E-state index contributed by atoms with van der Waals surface area (Å²) in [5.74, 6) is -0.587. The van der Waals surface area contributed by atoms with E-state index in [0.29, 0.717) is 24.0 Å². The number of aryl methyl sites for hydroxylation is 1. The quantitative estimate of drug-likeness (QED) is 0.477. The van der Waals surface area contributed by atoms with Crippen LogP contribution in [0, 0.1) is 17.3 Å². The summed E-state index contributed by atoms with van der Waals surface area (Å²) in [6.45, 7) is 2.11. The highest BCUT2D eigenvalue weighted by Crippen LogP contribution is 2.60. The number of rotatable bonds is 3. The van der Waals surface area contributed by atoms with Crippen molar-refractivity contribution in [2.45, 2.75) is 82.1 Å². The van der Waals surface area contributed by atoms with E-state index < -0.39 is 36.7 Å². The molecule has 0 radical (unpaired) electrons. The number of aliphatic hydroxyl groups is 3. The molecule has 4 aliphatic rings. The van der Waals surface area contributed by atoms with Crippen LogP contribution in [0.1, 0.15) is 56.1 Å². The normalized spacial score (nSPS) is 42.2. The molecule has 1 saturated heterocycles. The Bertz CT molecular complexity index is 977. The van der Waals surface area contributed by atoms with Crippen molar-refractivity contribution >= 4 is 11.8 Å². The van der Waals surface area contributed by atoms with Gasteiger partial charge in [0, 0.05) is 11.8 Å². The molecule has 9 atom stereocenters. The van der Waals surface area contributed by atoms with Gasteiger partial charge >= 0.3 is 0 Å². The van der Waals surface area contributed by atoms with Gasteiger partial charge in [0.25, 0.3) is 0 Å². The number of aliphatic hydroxyl groups excluding tert-OH is 3. The largest absolute Gasteiger partial charge is 0.547 e. The van der Waals surface area contributed by atoms with Gasteiger partial charge in [-0.15, -0.1) is 0 Å². The molecule has 1 aromatic carbocycles. The lowest BCUT2D eigenvalue weighted by Gasteiger charge is -2.48. The molecule has 180 valence electrons. The molecule has 3 fully saturated rings. The third-order valence-electron chi connectivity index (χ3n) is 8.56. The predicted molar refractivity (Wildman–Crippen MR) is 110 cm³/mol. The number of Topliss-reactive ketones (excluding diaryl/α,β-unsaturated/α-hetero) is 1. The van der Waals surface area contributed by atoms with Crippen LogP contribution >= 0.6 is 0 Å². The van der Waals surface area contributed by atoms with Crippen molar-refractivity contribution in [1.29, 1.82) is 0 Å². The standard InChI is InChI=1S/C24H30O9/c1-24-7-6-11-12(14(24)4-5-17(24)26)3-2-10-8-16(15(25)9-13(10)11)32-23-20(29)18(27)19(28)21(33-23)22(30)31/h8-9,11-12,14,18-21,23,25,27-29H,2-7H2,1H3,(H,30,31)/p-1/t11-,12+,14-,18-,19-,20+,21-,23+,24-/m0/s1. The molecule has 1 aliphatic heterocycles. The summed E-state index contributed by atoms with van der Waals surface area (Å²) in [7, 11) is 0. The zero-order valence-electron chi connectivity index (χ0n) is 18.3. The first-order chi connectivity index (χ1) is 15.6. The monoisotopic (exact) mass is 461 g/mol. The molecule has 0 aromatic heterocycles. The highest BCUT2D eigenvalue weighted by atomic mass is 16.7. The second kappa shape index (κ2) is 7.94. The van der Waals surface area contributed by atoms with E-state index in [9.17, 15) is 35.1 Å². The number of carboxylic acids is 1. The molecule has 3 aliphatic carbocycles. The van der Waals surface area contributed by atoms with Gasteiger partial charge in [-0.25, -0.2) is 0 Å². The third-order valence-corrected chi connectivity index (χ3v) is 8.56. The van der Waals surface area contributed by atoms with Crippen molar-refractivity contribution in [3.8, 4) is 11.5 Å². The molecular formula is C24H29O9-. The molecule has 1 aromatic rings. The van der Waals surface area contributed by atoms with E-state index in [1.165, 1.54) is 0 Å². The second-order valence-corrected chi connectivity index (χ2v) is 10.2. The lowest BCUT2D eigenvalue weighted by molar-refractivity contribution is -0.342. The van der Waals surface area contributed by atoms with Gasteiger partial charge in [-0.1, -0.05) is 6.92 Å². The molecule has 0 unspecified atom stereocenters. The van der Waals surface area contributed by atoms with Gasteiger partial charge in [-0.3, -0.25) is 4.79 Å². The van der Waals surface area contributed by atoms with Gasteiger partial charge in [0.05, 0.1) is 5.97 Å². The Labute approximate surface area is 190 Å². The number of fused-ring (bicyclic) bond motifs is 5. The van der Waals surface area contributed by atoms with Crippen molar-refractivity contribution in [1.82, 2.24) is 0 Å². The van der Waals surface area contributed by atoms with Crippen LogP contribution in [0.25, 0.3) is 0 Å². The number of aliphatic carboxylic acids is 1. The summed E-state index contributed by atoms with van der Waals surface area (Å²) in [6, 6.07) is 3.31. The average molecular weight is 461 g/mol. The summed E-state index contributed by atoms with van der Waals surface area (Å²) in [4.78, 5) is 23.7. The first-order valence-corrected chi connectivity index (χ1v) is 11.6. The molecule has 9 nitrogen and oxygen atoms in total. The molecule has 33 heavy (non-hydrogen) atoms. The maximum atomic E-state index is 12.5. The lowest BCUT2D eigenvalue weighted by atomic mass is 9.55. The van der Waals surface area contributed by atoms with E-state index in [1.54, 1.807) is 12.1 Å². The molecule has 9 heteroatoms. The minimum Gasteiger partial charge on any atom is -0.547 e.